The summed E-state index contributed by atoms with van der Waals surface area (Å²) in [5, 5.41) is 6.89. The average Bonchev–Trinajstić information content (AvgIpc) is 2.41. The molecule has 0 spiro atoms. The monoisotopic (exact) mass is 265 g/mol. The molecule has 0 aromatic rings. The van der Waals surface area contributed by atoms with Crippen LogP contribution in [-0.4, -0.2) is 37.8 Å². The molecule has 2 rings (SSSR count). The average molecular weight is 265 g/mol. The van der Waals surface area contributed by atoms with Gasteiger partial charge in [-0.25, -0.2) is 4.99 Å². The molecule has 2 N–H and O–H groups in total. The van der Waals surface area contributed by atoms with Crippen LogP contribution in [-0.2, 0) is 4.74 Å². The van der Waals surface area contributed by atoms with Gasteiger partial charge in [0, 0.05) is 30.5 Å². The van der Waals surface area contributed by atoms with E-state index in [0.717, 1.165) is 19.1 Å². The highest BCUT2D eigenvalue weighted by Crippen LogP contribution is 2.51. The van der Waals surface area contributed by atoms with E-state index in [-0.39, 0.29) is 5.41 Å². The molecule has 3 atom stereocenters. The summed E-state index contributed by atoms with van der Waals surface area (Å²) >= 11 is 0. The van der Waals surface area contributed by atoms with Gasteiger partial charge in [-0.1, -0.05) is 19.9 Å². The number of hydrogen-bond donors (Lipinski definition) is 2. The molecule has 1 saturated heterocycles. The molecule has 0 aromatic heterocycles. The fourth-order valence-corrected chi connectivity index (χ4v) is 3.44. The Bertz CT molecular complexity index is 351. The molecule has 0 aromatic carbocycles. The predicted molar refractivity (Wildman–Crippen MR) is 79.3 cm³/mol. The molecule has 4 heteroatoms. The summed E-state index contributed by atoms with van der Waals surface area (Å²) in [6, 6.07) is 0.445. The highest BCUT2D eigenvalue weighted by molar-refractivity contribution is 5.80. The van der Waals surface area contributed by atoms with Gasteiger partial charge in [0.05, 0.1) is 12.6 Å². The van der Waals surface area contributed by atoms with E-state index in [0.29, 0.717) is 24.6 Å². The molecule has 108 valence electrons. The second-order valence-corrected chi connectivity index (χ2v) is 6.05. The summed E-state index contributed by atoms with van der Waals surface area (Å²) in [6.07, 6.45) is 4.65. The molecule has 19 heavy (non-hydrogen) atoms. The van der Waals surface area contributed by atoms with Gasteiger partial charge in [-0.15, -0.1) is 6.58 Å². The first kappa shape index (κ1) is 14.4. The zero-order chi connectivity index (χ0) is 13.9. The van der Waals surface area contributed by atoms with Crippen LogP contribution in [0.25, 0.3) is 0 Å². The van der Waals surface area contributed by atoms with Crippen LogP contribution in [0.4, 0.5) is 0 Å². The maximum Gasteiger partial charge on any atom is 0.191 e. The standard InChI is InChI=1S/C15H27N3O/c1-5-9-17-14(16-6-2)18-12-11-8-7-10-19-13(11)15(12,3)4/h5,11-13H,1,6-10H2,2-4H3,(H2,16,17,18). The van der Waals surface area contributed by atoms with Crippen molar-refractivity contribution >= 4 is 5.96 Å². The van der Waals surface area contributed by atoms with Gasteiger partial charge in [0.1, 0.15) is 0 Å². The SMILES string of the molecule is C=CCN=C(NCC)NC1C2CCCOC2C1(C)C. The Kier molecular flexibility index (Phi) is 4.50. The maximum atomic E-state index is 5.93. The summed E-state index contributed by atoms with van der Waals surface area (Å²) in [5.74, 6) is 1.51. The van der Waals surface area contributed by atoms with E-state index >= 15 is 0 Å². The first-order valence-corrected chi connectivity index (χ1v) is 7.38. The van der Waals surface area contributed by atoms with Crippen molar-refractivity contribution in [2.24, 2.45) is 16.3 Å². The Hall–Kier alpha value is -1.03. The molecule has 2 fully saturated rings. The van der Waals surface area contributed by atoms with Crippen molar-refractivity contribution < 1.29 is 4.74 Å². The van der Waals surface area contributed by atoms with Crippen molar-refractivity contribution in [1.82, 2.24) is 10.6 Å². The minimum absolute atomic E-state index is 0.176. The lowest BCUT2D eigenvalue weighted by Crippen LogP contribution is -2.71. The number of aliphatic imine (C=N–C) groups is 1. The Labute approximate surface area is 116 Å². The van der Waals surface area contributed by atoms with E-state index in [1.807, 2.05) is 6.08 Å². The summed E-state index contributed by atoms with van der Waals surface area (Å²) < 4.78 is 5.93. The van der Waals surface area contributed by atoms with E-state index in [1.54, 1.807) is 0 Å². The molecule has 1 aliphatic heterocycles. The van der Waals surface area contributed by atoms with Crippen LogP contribution in [0, 0.1) is 11.3 Å². The largest absolute Gasteiger partial charge is 0.377 e. The second kappa shape index (κ2) is 5.95. The van der Waals surface area contributed by atoms with Crippen LogP contribution in [0.2, 0.25) is 0 Å². The van der Waals surface area contributed by atoms with Crippen LogP contribution in [0.3, 0.4) is 0 Å². The predicted octanol–water partition coefficient (Wildman–Crippen LogP) is 1.93. The number of ether oxygens (including phenoxy) is 1. The number of fused-ring (bicyclic) bond motifs is 1. The highest BCUT2D eigenvalue weighted by Gasteiger charge is 2.58. The first-order chi connectivity index (χ1) is 9.11. The van der Waals surface area contributed by atoms with Gasteiger partial charge in [0.15, 0.2) is 5.96 Å². The van der Waals surface area contributed by atoms with E-state index in [9.17, 15) is 0 Å². The topological polar surface area (TPSA) is 45.7 Å². The van der Waals surface area contributed by atoms with Crippen molar-refractivity contribution in [1.29, 1.82) is 0 Å². The molecule has 0 amide bonds. The molecule has 4 nitrogen and oxygen atoms in total. The van der Waals surface area contributed by atoms with Crippen molar-refractivity contribution in [2.45, 2.75) is 45.8 Å². The Morgan fingerprint density at radius 1 is 1.53 bits per heavy atom. The van der Waals surface area contributed by atoms with E-state index in [1.165, 1.54) is 12.8 Å². The fourth-order valence-electron chi connectivity index (χ4n) is 3.44. The van der Waals surface area contributed by atoms with Crippen LogP contribution in [0.15, 0.2) is 17.6 Å². The zero-order valence-corrected chi connectivity index (χ0v) is 12.4. The summed E-state index contributed by atoms with van der Waals surface area (Å²) in [7, 11) is 0. The third-order valence-corrected chi connectivity index (χ3v) is 4.35. The normalized spacial score (nSPS) is 33.0. The maximum absolute atomic E-state index is 5.93. The first-order valence-electron chi connectivity index (χ1n) is 7.38. The summed E-state index contributed by atoms with van der Waals surface area (Å²) in [5.41, 5.74) is 0.176. The number of hydrogen-bond acceptors (Lipinski definition) is 2. The van der Waals surface area contributed by atoms with Gasteiger partial charge in [-0.05, 0) is 19.8 Å². The molecular formula is C15H27N3O. The minimum atomic E-state index is 0.176. The molecule has 1 heterocycles. The Morgan fingerprint density at radius 2 is 2.32 bits per heavy atom. The van der Waals surface area contributed by atoms with Crippen molar-refractivity contribution in [3.63, 3.8) is 0 Å². The lowest BCUT2D eigenvalue weighted by Gasteiger charge is -2.60. The third-order valence-electron chi connectivity index (χ3n) is 4.35. The third kappa shape index (κ3) is 2.78. The van der Waals surface area contributed by atoms with Crippen LogP contribution in [0.1, 0.15) is 33.6 Å². The fraction of sp³-hybridized carbons (Fsp3) is 0.800. The van der Waals surface area contributed by atoms with Crippen molar-refractivity contribution in [3.05, 3.63) is 12.7 Å². The lowest BCUT2D eigenvalue weighted by atomic mass is 9.55. The molecule has 1 saturated carbocycles. The number of nitrogens with one attached hydrogen (secondary N) is 2. The number of rotatable bonds is 4. The molecule has 3 unspecified atom stereocenters. The van der Waals surface area contributed by atoms with Gasteiger partial charge in [0.2, 0.25) is 0 Å². The van der Waals surface area contributed by atoms with Crippen LogP contribution in [0.5, 0.6) is 0 Å². The van der Waals surface area contributed by atoms with Gasteiger partial charge < -0.3 is 15.4 Å². The molecule has 2 aliphatic rings. The number of nitrogens with zero attached hydrogens (tertiary/aromatic N) is 1. The van der Waals surface area contributed by atoms with Crippen molar-refractivity contribution in [2.75, 3.05) is 19.7 Å². The second-order valence-electron chi connectivity index (χ2n) is 6.05. The molecule has 0 radical (unpaired) electrons. The van der Waals surface area contributed by atoms with Gasteiger partial charge in [-0.3, -0.25) is 0 Å². The molecule has 1 aliphatic carbocycles. The van der Waals surface area contributed by atoms with Gasteiger partial charge in [0.25, 0.3) is 0 Å². The summed E-state index contributed by atoms with van der Waals surface area (Å²) in [4.78, 5) is 4.49. The Morgan fingerprint density at radius 3 is 3.00 bits per heavy atom. The smallest absolute Gasteiger partial charge is 0.191 e. The lowest BCUT2D eigenvalue weighted by molar-refractivity contribution is -0.188. The van der Waals surface area contributed by atoms with E-state index in [2.05, 4.69) is 43.0 Å². The minimum Gasteiger partial charge on any atom is -0.377 e. The zero-order valence-electron chi connectivity index (χ0n) is 12.4. The Balaban J connectivity index is 2.01. The van der Waals surface area contributed by atoms with Gasteiger partial charge in [-0.2, -0.15) is 0 Å². The molecular weight excluding hydrogens is 238 g/mol. The van der Waals surface area contributed by atoms with E-state index < -0.39 is 0 Å². The van der Waals surface area contributed by atoms with Crippen LogP contribution >= 0.6 is 0 Å². The number of guanidine groups is 1. The molecule has 0 bridgehead atoms. The van der Waals surface area contributed by atoms with Crippen molar-refractivity contribution in [3.8, 4) is 0 Å². The van der Waals surface area contributed by atoms with Gasteiger partial charge >= 0.3 is 0 Å². The quantitative estimate of drug-likeness (QED) is 0.464. The van der Waals surface area contributed by atoms with Crippen LogP contribution < -0.4 is 10.6 Å². The summed E-state index contributed by atoms with van der Waals surface area (Å²) in [6.45, 7) is 12.8. The highest BCUT2D eigenvalue weighted by atomic mass is 16.5. The van der Waals surface area contributed by atoms with E-state index in [4.69, 9.17) is 4.74 Å².